The minimum absolute atomic E-state index is 0.188. The van der Waals surface area contributed by atoms with Gasteiger partial charge < -0.3 is 14.5 Å². The maximum atomic E-state index is 12.6. The molecule has 3 aromatic carbocycles. The van der Waals surface area contributed by atoms with E-state index in [1.54, 1.807) is 29.1 Å². The number of halogens is 1. The first-order chi connectivity index (χ1) is 16.1. The molecule has 164 valence electrons. The first-order valence-corrected chi connectivity index (χ1v) is 10.8. The lowest BCUT2D eigenvalue weighted by molar-refractivity contribution is 0.0992. The summed E-state index contributed by atoms with van der Waals surface area (Å²) in [6.07, 6.45) is 1.78. The zero-order chi connectivity index (χ0) is 22.6. The molecule has 5 rings (SSSR count). The Morgan fingerprint density at radius 1 is 0.970 bits per heavy atom. The molecule has 2 aromatic heterocycles. The molecule has 7 heteroatoms. The van der Waals surface area contributed by atoms with Gasteiger partial charge in [0.05, 0.1) is 6.54 Å². The normalized spacial score (nSPS) is 10.9. The van der Waals surface area contributed by atoms with Crippen molar-refractivity contribution in [1.82, 2.24) is 9.78 Å². The first kappa shape index (κ1) is 20.8. The van der Waals surface area contributed by atoms with Gasteiger partial charge in [0.15, 0.2) is 11.6 Å². The molecule has 0 spiro atoms. The average molecular weight is 458 g/mol. The molecule has 0 aliphatic carbocycles. The highest BCUT2D eigenvalue weighted by molar-refractivity contribution is 6.31. The van der Waals surface area contributed by atoms with Crippen LogP contribution in [0.1, 0.15) is 21.9 Å². The fraction of sp³-hybridized carbons (Fsp3) is 0.0769. The van der Waals surface area contributed by atoms with Crippen LogP contribution in [0.4, 0.5) is 5.82 Å². The fourth-order valence-corrected chi connectivity index (χ4v) is 3.68. The number of hydrogen-bond donors (Lipinski definition) is 1. The summed E-state index contributed by atoms with van der Waals surface area (Å²) in [5.41, 5.74) is 0.947. The van der Waals surface area contributed by atoms with E-state index in [0.717, 1.165) is 22.1 Å². The number of carbonyl (C=O) groups excluding carboxylic acids is 1. The maximum absolute atomic E-state index is 12.6. The Bertz CT molecular complexity index is 1420. The van der Waals surface area contributed by atoms with Crippen molar-refractivity contribution in [3.05, 3.63) is 113 Å². The minimum atomic E-state index is -0.380. The molecule has 0 radical (unpaired) electrons. The lowest BCUT2D eigenvalue weighted by Crippen LogP contribution is -2.12. The number of benzene rings is 3. The van der Waals surface area contributed by atoms with Crippen molar-refractivity contribution in [2.24, 2.45) is 0 Å². The number of nitrogens with one attached hydrogen (secondary N) is 1. The number of carbonyl (C=O) groups is 1. The second kappa shape index (κ2) is 9.22. The highest BCUT2D eigenvalue weighted by Crippen LogP contribution is 2.22. The van der Waals surface area contributed by atoms with Gasteiger partial charge in [0.25, 0.3) is 5.91 Å². The lowest BCUT2D eigenvalue weighted by Gasteiger charge is -2.06. The summed E-state index contributed by atoms with van der Waals surface area (Å²) < 4.78 is 13.2. The van der Waals surface area contributed by atoms with Crippen LogP contribution in [-0.2, 0) is 13.2 Å². The van der Waals surface area contributed by atoms with Crippen molar-refractivity contribution in [1.29, 1.82) is 0 Å². The van der Waals surface area contributed by atoms with Crippen molar-refractivity contribution in [3.8, 4) is 5.75 Å². The van der Waals surface area contributed by atoms with Crippen molar-refractivity contribution < 1.29 is 13.9 Å². The Hall–Kier alpha value is -4.03. The Morgan fingerprint density at radius 2 is 1.79 bits per heavy atom. The quantitative estimate of drug-likeness (QED) is 0.317. The Labute approximate surface area is 195 Å². The number of ether oxygens (including phenoxy) is 1. The highest BCUT2D eigenvalue weighted by atomic mass is 35.5. The number of anilines is 1. The number of aromatic nitrogens is 2. The van der Waals surface area contributed by atoms with Gasteiger partial charge >= 0.3 is 0 Å². The van der Waals surface area contributed by atoms with Gasteiger partial charge in [-0.15, -0.1) is 0 Å². The third kappa shape index (κ3) is 4.91. The van der Waals surface area contributed by atoms with Crippen LogP contribution in [-0.4, -0.2) is 15.7 Å². The molecule has 0 atom stereocenters. The van der Waals surface area contributed by atoms with E-state index < -0.39 is 0 Å². The molecule has 0 aliphatic rings. The van der Waals surface area contributed by atoms with Crippen LogP contribution in [0.25, 0.3) is 10.8 Å². The number of furan rings is 1. The van der Waals surface area contributed by atoms with E-state index in [4.69, 9.17) is 20.8 Å². The summed E-state index contributed by atoms with van der Waals surface area (Å²) in [6.45, 7) is 0.727. The van der Waals surface area contributed by atoms with Crippen LogP contribution >= 0.6 is 11.6 Å². The molecular formula is C26H20ClN3O3. The molecule has 0 fully saturated rings. The lowest BCUT2D eigenvalue weighted by atomic mass is 10.1. The van der Waals surface area contributed by atoms with Crippen molar-refractivity contribution in [2.75, 3.05) is 5.32 Å². The van der Waals surface area contributed by atoms with E-state index in [1.807, 2.05) is 60.7 Å². The summed E-state index contributed by atoms with van der Waals surface area (Å²) in [4.78, 5) is 12.6. The zero-order valence-corrected chi connectivity index (χ0v) is 18.3. The third-order valence-electron chi connectivity index (χ3n) is 5.16. The molecule has 5 aromatic rings. The molecule has 2 heterocycles. The van der Waals surface area contributed by atoms with Crippen LogP contribution in [0, 0.1) is 0 Å². The largest absolute Gasteiger partial charge is 0.486 e. The van der Waals surface area contributed by atoms with Crippen molar-refractivity contribution >= 4 is 34.1 Å². The van der Waals surface area contributed by atoms with E-state index in [9.17, 15) is 4.79 Å². The van der Waals surface area contributed by atoms with E-state index in [2.05, 4.69) is 16.5 Å². The highest BCUT2D eigenvalue weighted by Gasteiger charge is 2.14. The molecule has 0 unspecified atom stereocenters. The Morgan fingerprint density at radius 3 is 2.67 bits per heavy atom. The van der Waals surface area contributed by atoms with Crippen molar-refractivity contribution in [2.45, 2.75) is 13.2 Å². The summed E-state index contributed by atoms with van der Waals surface area (Å²) in [6, 6.07) is 26.6. The van der Waals surface area contributed by atoms with Crippen LogP contribution in [0.5, 0.6) is 5.75 Å². The number of fused-ring (bicyclic) bond motifs is 1. The maximum Gasteiger partial charge on any atom is 0.292 e. The second-order valence-electron chi connectivity index (χ2n) is 7.51. The zero-order valence-electron chi connectivity index (χ0n) is 17.6. The van der Waals surface area contributed by atoms with Gasteiger partial charge in [-0.05, 0) is 46.7 Å². The van der Waals surface area contributed by atoms with E-state index in [0.29, 0.717) is 23.1 Å². The second-order valence-corrected chi connectivity index (χ2v) is 7.91. The van der Waals surface area contributed by atoms with Gasteiger partial charge in [-0.1, -0.05) is 60.1 Å². The number of rotatable bonds is 7. The van der Waals surface area contributed by atoms with Gasteiger partial charge in [0.2, 0.25) is 0 Å². The van der Waals surface area contributed by atoms with E-state index in [-0.39, 0.29) is 18.3 Å². The molecule has 6 nitrogen and oxygen atoms in total. The Balaban J connectivity index is 1.19. The van der Waals surface area contributed by atoms with Crippen LogP contribution in [0.3, 0.4) is 0 Å². The molecular weight excluding hydrogens is 438 g/mol. The molecule has 0 aliphatic heterocycles. The molecule has 0 saturated heterocycles. The standard InChI is InChI=1S/C26H20ClN3O3/c27-23-8-4-3-7-20(23)16-30-14-13-25(29-30)28-26(31)24-12-11-22(33-24)17-32-21-10-9-18-5-1-2-6-19(18)15-21/h1-15H,16-17H2,(H,28,29,31). The van der Waals surface area contributed by atoms with E-state index in [1.165, 1.54) is 0 Å². The van der Waals surface area contributed by atoms with Crippen LogP contribution in [0.15, 0.2) is 95.5 Å². The Kier molecular flexibility index (Phi) is 5.83. The number of amides is 1. The van der Waals surface area contributed by atoms with Gasteiger partial charge in [0, 0.05) is 17.3 Å². The molecule has 1 N–H and O–H groups in total. The summed E-state index contributed by atoms with van der Waals surface area (Å²) in [5, 5.41) is 10.1. The first-order valence-electron chi connectivity index (χ1n) is 10.4. The number of nitrogens with zero attached hydrogens (tertiary/aromatic N) is 2. The summed E-state index contributed by atoms with van der Waals surface area (Å²) >= 11 is 6.20. The fourth-order valence-electron chi connectivity index (χ4n) is 3.48. The third-order valence-corrected chi connectivity index (χ3v) is 5.53. The van der Waals surface area contributed by atoms with Gasteiger partial charge in [0.1, 0.15) is 18.1 Å². The minimum Gasteiger partial charge on any atom is -0.486 e. The predicted molar refractivity (Wildman–Crippen MR) is 128 cm³/mol. The smallest absolute Gasteiger partial charge is 0.292 e. The van der Waals surface area contributed by atoms with Crippen LogP contribution < -0.4 is 10.1 Å². The van der Waals surface area contributed by atoms with Crippen LogP contribution in [0.2, 0.25) is 5.02 Å². The molecule has 1 amide bonds. The van der Waals surface area contributed by atoms with Gasteiger partial charge in [-0.2, -0.15) is 5.10 Å². The molecule has 0 bridgehead atoms. The topological polar surface area (TPSA) is 69.3 Å². The predicted octanol–water partition coefficient (Wildman–Crippen LogP) is 6.16. The van der Waals surface area contributed by atoms with E-state index >= 15 is 0 Å². The monoisotopic (exact) mass is 457 g/mol. The molecule has 0 saturated carbocycles. The van der Waals surface area contributed by atoms with Gasteiger partial charge in [-0.25, -0.2) is 0 Å². The summed E-state index contributed by atoms with van der Waals surface area (Å²) in [5.74, 6) is 1.53. The van der Waals surface area contributed by atoms with Gasteiger partial charge in [-0.3, -0.25) is 9.48 Å². The SMILES string of the molecule is O=C(Nc1ccn(Cc2ccccc2Cl)n1)c1ccc(COc2ccc3ccccc3c2)o1. The number of hydrogen-bond acceptors (Lipinski definition) is 4. The molecule has 33 heavy (non-hydrogen) atoms. The summed E-state index contributed by atoms with van der Waals surface area (Å²) in [7, 11) is 0. The van der Waals surface area contributed by atoms with Crippen molar-refractivity contribution in [3.63, 3.8) is 0 Å². The average Bonchev–Trinajstić information content (AvgIpc) is 3.49.